The van der Waals surface area contributed by atoms with E-state index in [1.807, 2.05) is 18.3 Å². The van der Waals surface area contributed by atoms with Crippen LogP contribution < -0.4 is 4.74 Å². The topological polar surface area (TPSA) is 70.4 Å². The van der Waals surface area contributed by atoms with Crippen LogP contribution in [0, 0.1) is 6.92 Å². The van der Waals surface area contributed by atoms with Crippen molar-refractivity contribution in [1.82, 2.24) is 9.55 Å². The highest BCUT2D eigenvalue weighted by Crippen LogP contribution is 2.44. The Hall–Kier alpha value is -1.90. The van der Waals surface area contributed by atoms with Crippen molar-refractivity contribution in [3.8, 4) is 16.2 Å². The number of thiazole rings is 1. The second-order valence-electron chi connectivity index (χ2n) is 7.56. The number of ether oxygens (including phenoxy) is 1. The van der Waals surface area contributed by atoms with Crippen LogP contribution in [0.25, 0.3) is 21.3 Å². The minimum Gasteiger partial charge on any atom is -0.495 e. The molecule has 1 saturated carbocycles. The van der Waals surface area contributed by atoms with E-state index in [-0.39, 0.29) is 6.61 Å². The lowest BCUT2D eigenvalue weighted by Crippen LogP contribution is -2.14. The molecule has 6 nitrogen and oxygen atoms in total. The predicted octanol–water partition coefficient (Wildman–Crippen LogP) is 5.06. The van der Waals surface area contributed by atoms with Crippen LogP contribution >= 0.6 is 11.3 Å². The van der Waals surface area contributed by atoms with Crippen LogP contribution in [0.4, 0.5) is 0 Å². The molecule has 2 aromatic heterocycles. The van der Waals surface area contributed by atoms with Gasteiger partial charge in [0.2, 0.25) is 0 Å². The van der Waals surface area contributed by atoms with Crippen molar-refractivity contribution in [1.29, 1.82) is 0 Å². The van der Waals surface area contributed by atoms with E-state index < -0.39 is 10.1 Å². The van der Waals surface area contributed by atoms with Crippen LogP contribution in [0.3, 0.4) is 0 Å². The van der Waals surface area contributed by atoms with Crippen molar-refractivity contribution in [3.05, 3.63) is 35.1 Å². The number of hydrogen-bond donors (Lipinski definition) is 0. The van der Waals surface area contributed by atoms with Crippen molar-refractivity contribution < 1.29 is 17.3 Å². The van der Waals surface area contributed by atoms with Gasteiger partial charge in [-0.25, -0.2) is 4.98 Å². The maximum Gasteiger partial charge on any atom is 0.264 e. The highest BCUT2D eigenvalue weighted by molar-refractivity contribution is 7.85. The van der Waals surface area contributed by atoms with Crippen molar-refractivity contribution in [2.24, 2.45) is 0 Å². The molecule has 1 aliphatic rings. The highest BCUT2D eigenvalue weighted by Gasteiger charge is 2.25. The Morgan fingerprint density at radius 2 is 2.00 bits per heavy atom. The first-order chi connectivity index (χ1) is 13.9. The third kappa shape index (κ3) is 4.06. The lowest BCUT2D eigenvalue weighted by molar-refractivity contribution is 0.311. The standard InChI is InChI=1S/C21H26N2O4S2/c1-14-20(18-12-22-19(28-18)13-27-29(3,24)25)16-10-7-11-17(26-2)21(16)23(14)15-8-5-4-6-9-15/h7,10-12,15H,4-6,8-9,13H2,1-3H3. The molecule has 1 aliphatic carbocycles. The average Bonchev–Trinajstić information content (AvgIpc) is 3.27. The summed E-state index contributed by atoms with van der Waals surface area (Å²) in [6, 6.07) is 6.64. The van der Waals surface area contributed by atoms with Gasteiger partial charge in [0.25, 0.3) is 10.1 Å². The number of fused-ring (bicyclic) bond motifs is 1. The van der Waals surface area contributed by atoms with Gasteiger partial charge >= 0.3 is 0 Å². The number of methoxy groups -OCH3 is 1. The van der Waals surface area contributed by atoms with Crippen molar-refractivity contribution >= 4 is 32.4 Å². The van der Waals surface area contributed by atoms with Crippen LogP contribution in [0.1, 0.15) is 48.8 Å². The summed E-state index contributed by atoms with van der Waals surface area (Å²) in [5, 5.41) is 1.79. The largest absolute Gasteiger partial charge is 0.495 e. The Bertz CT molecular complexity index is 1130. The molecule has 0 spiro atoms. The number of benzene rings is 1. The van der Waals surface area contributed by atoms with Gasteiger partial charge in [0.15, 0.2) is 0 Å². The van der Waals surface area contributed by atoms with Crippen molar-refractivity contribution in [3.63, 3.8) is 0 Å². The molecule has 4 rings (SSSR count). The molecular weight excluding hydrogens is 408 g/mol. The van der Waals surface area contributed by atoms with Crippen LogP contribution in [0.15, 0.2) is 24.4 Å². The Morgan fingerprint density at radius 1 is 1.24 bits per heavy atom. The number of rotatable bonds is 6. The van der Waals surface area contributed by atoms with Gasteiger partial charge in [-0.2, -0.15) is 8.42 Å². The molecule has 0 bridgehead atoms. The van der Waals surface area contributed by atoms with Crippen molar-refractivity contribution in [2.45, 2.75) is 51.7 Å². The van der Waals surface area contributed by atoms with E-state index in [2.05, 4.69) is 22.5 Å². The smallest absolute Gasteiger partial charge is 0.264 e. The van der Waals surface area contributed by atoms with Gasteiger partial charge in [0.1, 0.15) is 17.4 Å². The van der Waals surface area contributed by atoms with Crippen LogP contribution in [-0.2, 0) is 20.9 Å². The van der Waals surface area contributed by atoms with Crippen LogP contribution in [0.2, 0.25) is 0 Å². The summed E-state index contributed by atoms with van der Waals surface area (Å²) in [6.45, 7) is 2.13. The second kappa shape index (κ2) is 8.08. The van der Waals surface area contributed by atoms with Gasteiger partial charge in [-0.15, -0.1) is 11.3 Å². The highest BCUT2D eigenvalue weighted by atomic mass is 32.2. The fourth-order valence-electron chi connectivity index (χ4n) is 4.38. The monoisotopic (exact) mass is 434 g/mol. The van der Waals surface area contributed by atoms with E-state index in [1.54, 1.807) is 7.11 Å². The zero-order valence-corrected chi connectivity index (χ0v) is 18.6. The summed E-state index contributed by atoms with van der Waals surface area (Å²) >= 11 is 1.47. The summed E-state index contributed by atoms with van der Waals surface area (Å²) in [5.41, 5.74) is 3.49. The Balaban J connectivity index is 1.83. The molecule has 8 heteroatoms. The van der Waals surface area contributed by atoms with Gasteiger partial charge in [-0.1, -0.05) is 31.4 Å². The maximum atomic E-state index is 11.3. The molecule has 0 atom stereocenters. The second-order valence-corrected chi connectivity index (χ2v) is 10.3. The Labute approximate surface area is 175 Å². The molecule has 0 amide bonds. The molecule has 0 unspecified atom stereocenters. The number of aromatic nitrogens is 2. The van der Waals surface area contributed by atoms with E-state index in [0.29, 0.717) is 11.0 Å². The van der Waals surface area contributed by atoms with E-state index in [1.165, 1.54) is 49.1 Å². The quantitative estimate of drug-likeness (QED) is 0.507. The molecule has 1 aromatic carbocycles. The number of hydrogen-bond acceptors (Lipinski definition) is 6. The number of para-hydroxylation sites is 1. The maximum absolute atomic E-state index is 11.3. The van der Waals surface area contributed by atoms with Crippen LogP contribution in [-0.4, -0.2) is 31.3 Å². The first kappa shape index (κ1) is 20.4. The lowest BCUT2D eigenvalue weighted by atomic mass is 9.95. The van der Waals surface area contributed by atoms with Crippen LogP contribution in [0.5, 0.6) is 5.75 Å². The fourth-order valence-corrected chi connectivity index (χ4v) is 5.72. The molecule has 2 heterocycles. The molecule has 29 heavy (non-hydrogen) atoms. The first-order valence-corrected chi connectivity index (χ1v) is 12.5. The number of nitrogens with zero attached hydrogens (tertiary/aromatic N) is 2. The Morgan fingerprint density at radius 3 is 2.69 bits per heavy atom. The minimum atomic E-state index is -3.49. The molecule has 0 radical (unpaired) electrons. The SMILES string of the molecule is COc1cccc2c(-c3cnc(COS(C)(=O)=O)s3)c(C)n(C3CCCCC3)c12. The summed E-state index contributed by atoms with van der Waals surface area (Å²) in [5.74, 6) is 0.882. The summed E-state index contributed by atoms with van der Waals surface area (Å²) in [4.78, 5) is 5.41. The van der Waals surface area contributed by atoms with E-state index in [4.69, 9.17) is 8.92 Å². The minimum absolute atomic E-state index is 0.0346. The molecule has 0 aliphatic heterocycles. The zero-order chi connectivity index (χ0) is 20.6. The van der Waals surface area contributed by atoms with Gasteiger partial charge in [0.05, 0.1) is 23.8 Å². The van der Waals surface area contributed by atoms with Crippen molar-refractivity contribution in [2.75, 3.05) is 13.4 Å². The zero-order valence-electron chi connectivity index (χ0n) is 17.0. The molecule has 1 fully saturated rings. The van der Waals surface area contributed by atoms with Gasteiger partial charge < -0.3 is 9.30 Å². The van der Waals surface area contributed by atoms with E-state index >= 15 is 0 Å². The van der Waals surface area contributed by atoms with Gasteiger partial charge in [0, 0.05) is 28.9 Å². The van der Waals surface area contributed by atoms with E-state index in [0.717, 1.165) is 33.3 Å². The summed E-state index contributed by atoms with van der Waals surface area (Å²) in [6.07, 6.45) is 9.03. The first-order valence-electron chi connectivity index (χ1n) is 9.86. The third-order valence-electron chi connectivity index (χ3n) is 5.59. The van der Waals surface area contributed by atoms with Gasteiger partial charge in [-0.05, 0) is 25.8 Å². The Kier molecular flexibility index (Phi) is 5.68. The fraction of sp³-hybridized carbons (Fsp3) is 0.476. The third-order valence-corrected chi connectivity index (χ3v) is 7.12. The molecule has 0 N–H and O–H groups in total. The predicted molar refractivity (Wildman–Crippen MR) is 116 cm³/mol. The average molecular weight is 435 g/mol. The molecular formula is C21H26N2O4S2. The molecule has 3 aromatic rings. The molecule has 156 valence electrons. The van der Waals surface area contributed by atoms with E-state index in [9.17, 15) is 8.42 Å². The summed E-state index contributed by atoms with van der Waals surface area (Å²) in [7, 11) is -1.78. The normalized spacial score (nSPS) is 15.8. The summed E-state index contributed by atoms with van der Waals surface area (Å²) < 4.78 is 35.7. The van der Waals surface area contributed by atoms with Gasteiger partial charge in [-0.3, -0.25) is 4.18 Å². The molecule has 0 saturated heterocycles. The lowest BCUT2D eigenvalue weighted by Gasteiger charge is -2.26.